The zero-order valence-corrected chi connectivity index (χ0v) is 17.9. The number of nitrogens with two attached hydrogens (primary N) is 3. The summed E-state index contributed by atoms with van der Waals surface area (Å²) in [6, 6.07) is 16.4. The summed E-state index contributed by atoms with van der Waals surface area (Å²) in [4.78, 5) is 28.3. The van der Waals surface area contributed by atoms with E-state index < -0.39 is 23.9 Å². The molecule has 2 rings (SSSR count). The van der Waals surface area contributed by atoms with Gasteiger partial charge in [0, 0.05) is 13.1 Å². The standard InChI is InChI=1S/C23H32N6O2/c1-2-27-23(26)28-14-6-9-20(21(25)30)29-22(31)19(24)15-16-10-12-18(13-11-16)17-7-4-3-5-8-17/h3-5,7-8,10-13,19-20H,2,6,9,14-15,24H2,1H3,(H2,25,30)(H,29,31)(H3,26,27,28). The van der Waals surface area contributed by atoms with Gasteiger partial charge in [0.05, 0.1) is 6.04 Å². The lowest BCUT2D eigenvalue weighted by Gasteiger charge is -2.18. The van der Waals surface area contributed by atoms with Crippen LogP contribution in [0.25, 0.3) is 11.1 Å². The van der Waals surface area contributed by atoms with Crippen molar-refractivity contribution in [3.63, 3.8) is 0 Å². The van der Waals surface area contributed by atoms with Crippen LogP contribution >= 0.6 is 0 Å². The van der Waals surface area contributed by atoms with Crippen LogP contribution in [0.1, 0.15) is 25.3 Å². The van der Waals surface area contributed by atoms with E-state index in [0.717, 1.165) is 16.7 Å². The predicted molar refractivity (Wildman–Crippen MR) is 124 cm³/mol. The highest BCUT2D eigenvalue weighted by Gasteiger charge is 2.21. The molecule has 0 aromatic heterocycles. The Morgan fingerprint density at radius 2 is 1.65 bits per heavy atom. The monoisotopic (exact) mass is 424 g/mol. The summed E-state index contributed by atoms with van der Waals surface area (Å²) in [6.07, 6.45) is 1.27. The fourth-order valence-electron chi connectivity index (χ4n) is 3.11. The summed E-state index contributed by atoms with van der Waals surface area (Å²) in [5, 5.41) is 5.54. The molecule has 0 saturated heterocycles. The largest absolute Gasteiger partial charge is 0.370 e. The Balaban J connectivity index is 1.86. The molecule has 0 aliphatic heterocycles. The first-order chi connectivity index (χ1) is 14.9. The van der Waals surface area contributed by atoms with E-state index in [4.69, 9.17) is 17.2 Å². The molecule has 8 heteroatoms. The van der Waals surface area contributed by atoms with Crippen molar-refractivity contribution in [3.8, 4) is 11.1 Å². The number of rotatable bonds is 11. The molecule has 0 spiro atoms. The Hall–Kier alpha value is -3.39. The molecule has 166 valence electrons. The van der Waals surface area contributed by atoms with Crippen molar-refractivity contribution in [3.05, 3.63) is 60.2 Å². The molecule has 2 atom stereocenters. The van der Waals surface area contributed by atoms with Crippen LogP contribution in [0.5, 0.6) is 0 Å². The molecule has 8 nitrogen and oxygen atoms in total. The molecule has 0 radical (unpaired) electrons. The summed E-state index contributed by atoms with van der Waals surface area (Å²) in [6.45, 7) is 3.03. The normalized spacial score (nSPS) is 13.3. The Labute approximate surface area is 183 Å². The number of carbonyl (C=O) groups excluding carboxylic acids is 2. The van der Waals surface area contributed by atoms with Gasteiger partial charge in [0.15, 0.2) is 5.96 Å². The maximum atomic E-state index is 12.5. The number of carbonyl (C=O) groups is 2. The van der Waals surface area contributed by atoms with E-state index in [9.17, 15) is 9.59 Å². The maximum Gasteiger partial charge on any atom is 0.240 e. The van der Waals surface area contributed by atoms with Crippen molar-refractivity contribution in [1.82, 2.24) is 10.6 Å². The molecule has 2 aromatic carbocycles. The maximum absolute atomic E-state index is 12.5. The van der Waals surface area contributed by atoms with Crippen molar-refractivity contribution < 1.29 is 9.59 Å². The van der Waals surface area contributed by atoms with E-state index in [1.165, 1.54) is 0 Å². The highest BCUT2D eigenvalue weighted by atomic mass is 16.2. The molecule has 2 amide bonds. The number of nitrogens with one attached hydrogen (secondary N) is 2. The lowest BCUT2D eigenvalue weighted by atomic mass is 10.0. The van der Waals surface area contributed by atoms with Gasteiger partial charge in [-0.05, 0) is 42.9 Å². The minimum atomic E-state index is -0.797. The minimum Gasteiger partial charge on any atom is -0.370 e. The number of hydrogen-bond acceptors (Lipinski definition) is 4. The third kappa shape index (κ3) is 8.10. The Morgan fingerprint density at radius 1 is 1.00 bits per heavy atom. The number of benzene rings is 2. The zero-order valence-electron chi connectivity index (χ0n) is 17.9. The van der Waals surface area contributed by atoms with Crippen LogP contribution in [0, 0.1) is 0 Å². The van der Waals surface area contributed by atoms with E-state index in [1.54, 1.807) is 0 Å². The van der Waals surface area contributed by atoms with Gasteiger partial charge in [0.2, 0.25) is 11.8 Å². The highest BCUT2D eigenvalue weighted by Crippen LogP contribution is 2.19. The molecule has 0 aliphatic rings. The molecule has 0 heterocycles. The molecule has 2 unspecified atom stereocenters. The quantitative estimate of drug-likeness (QED) is 0.206. The second kappa shape index (κ2) is 12.3. The van der Waals surface area contributed by atoms with Crippen molar-refractivity contribution >= 4 is 17.8 Å². The van der Waals surface area contributed by atoms with Gasteiger partial charge in [0.25, 0.3) is 0 Å². The molecule has 2 aromatic rings. The lowest BCUT2D eigenvalue weighted by Crippen LogP contribution is -2.51. The van der Waals surface area contributed by atoms with Crippen LogP contribution < -0.4 is 27.8 Å². The number of nitrogens with zero attached hydrogens (tertiary/aromatic N) is 1. The fraction of sp³-hybridized carbons (Fsp3) is 0.348. The smallest absolute Gasteiger partial charge is 0.240 e. The van der Waals surface area contributed by atoms with Crippen LogP contribution in [-0.4, -0.2) is 42.9 Å². The van der Waals surface area contributed by atoms with Gasteiger partial charge in [-0.25, -0.2) is 0 Å². The van der Waals surface area contributed by atoms with Gasteiger partial charge in [-0.3, -0.25) is 14.6 Å². The minimum absolute atomic E-state index is 0.350. The van der Waals surface area contributed by atoms with E-state index in [0.29, 0.717) is 38.3 Å². The van der Waals surface area contributed by atoms with E-state index in [-0.39, 0.29) is 0 Å². The number of hydrogen-bond donors (Lipinski definition) is 5. The number of primary amides is 1. The fourth-order valence-corrected chi connectivity index (χ4v) is 3.11. The third-order valence-corrected chi connectivity index (χ3v) is 4.80. The number of amides is 2. The molecule has 31 heavy (non-hydrogen) atoms. The average Bonchev–Trinajstić information content (AvgIpc) is 2.76. The molecular formula is C23H32N6O2. The van der Waals surface area contributed by atoms with Gasteiger partial charge < -0.3 is 27.8 Å². The van der Waals surface area contributed by atoms with Crippen LogP contribution in [-0.2, 0) is 16.0 Å². The predicted octanol–water partition coefficient (Wildman–Crippen LogP) is 0.898. The lowest BCUT2D eigenvalue weighted by molar-refractivity contribution is -0.128. The Kier molecular flexibility index (Phi) is 9.51. The summed E-state index contributed by atoms with van der Waals surface area (Å²) in [5.41, 5.74) is 20.3. The van der Waals surface area contributed by atoms with Crippen LogP contribution in [0.15, 0.2) is 59.6 Å². The molecule has 0 saturated carbocycles. The van der Waals surface area contributed by atoms with E-state index in [1.807, 2.05) is 61.5 Å². The molecule has 8 N–H and O–H groups in total. The summed E-state index contributed by atoms with van der Waals surface area (Å²) in [5.74, 6) is -0.662. The Bertz CT molecular complexity index is 867. The number of aliphatic imine (C=N–C) groups is 1. The first-order valence-electron chi connectivity index (χ1n) is 10.4. The van der Waals surface area contributed by atoms with Gasteiger partial charge in [-0.2, -0.15) is 0 Å². The van der Waals surface area contributed by atoms with E-state index in [2.05, 4.69) is 15.6 Å². The van der Waals surface area contributed by atoms with Crippen molar-refractivity contribution in [2.75, 3.05) is 13.1 Å². The van der Waals surface area contributed by atoms with Crippen molar-refractivity contribution in [2.24, 2.45) is 22.2 Å². The topological polar surface area (TPSA) is 149 Å². The van der Waals surface area contributed by atoms with E-state index >= 15 is 0 Å². The average molecular weight is 425 g/mol. The molecular weight excluding hydrogens is 392 g/mol. The summed E-state index contributed by atoms with van der Waals surface area (Å²) in [7, 11) is 0. The van der Waals surface area contributed by atoms with Crippen LogP contribution in [0.3, 0.4) is 0 Å². The Morgan fingerprint density at radius 3 is 2.26 bits per heavy atom. The van der Waals surface area contributed by atoms with Gasteiger partial charge in [-0.1, -0.05) is 54.6 Å². The van der Waals surface area contributed by atoms with Crippen LogP contribution in [0.4, 0.5) is 0 Å². The third-order valence-electron chi connectivity index (χ3n) is 4.80. The molecule has 0 bridgehead atoms. The summed E-state index contributed by atoms with van der Waals surface area (Å²) >= 11 is 0. The second-order valence-corrected chi connectivity index (χ2v) is 7.28. The zero-order chi connectivity index (χ0) is 22.6. The van der Waals surface area contributed by atoms with Crippen LogP contribution in [0.2, 0.25) is 0 Å². The van der Waals surface area contributed by atoms with Crippen molar-refractivity contribution in [1.29, 1.82) is 0 Å². The SMILES string of the molecule is CCNC(N)=NCCCC(NC(=O)C(N)Cc1ccc(-c2ccccc2)cc1)C(N)=O. The number of guanidine groups is 1. The second-order valence-electron chi connectivity index (χ2n) is 7.28. The van der Waals surface area contributed by atoms with Gasteiger partial charge in [0.1, 0.15) is 6.04 Å². The summed E-state index contributed by atoms with van der Waals surface area (Å²) < 4.78 is 0. The van der Waals surface area contributed by atoms with Gasteiger partial charge in [-0.15, -0.1) is 0 Å². The first-order valence-corrected chi connectivity index (χ1v) is 10.4. The van der Waals surface area contributed by atoms with Crippen molar-refractivity contribution in [2.45, 2.75) is 38.3 Å². The molecule has 0 aliphatic carbocycles. The first kappa shape index (κ1) is 23.9. The highest BCUT2D eigenvalue weighted by molar-refractivity contribution is 5.89. The van der Waals surface area contributed by atoms with Gasteiger partial charge >= 0.3 is 0 Å². The molecule has 0 fully saturated rings.